The fraction of sp³-hybridized carbons (Fsp3) is 0.375. The van der Waals surface area contributed by atoms with Gasteiger partial charge < -0.3 is 14.4 Å². The third-order valence-corrected chi connectivity index (χ3v) is 5.62. The molecule has 7 heteroatoms. The van der Waals surface area contributed by atoms with Crippen LogP contribution in [0.4, 0.5) is 0 Å². The van der Waals surface area contributed by atoms with Gasteiger partial charge in [-0.2, -0.15) is 5.10 Å². The van der Waals surface area contributed by atoms with E-state index in [0.29, 0.717) is 44.5 Å². The van der Waals surface area contributed by atoms with Gasteiger partial charge in [0.05, 0.1) is 31.2 Å². The summed E-state index contributed by atoms with van der Waals surface area (Å²) < 4.78 is 11.7. The molecule has 7 nitrogen and oxygen atoms in total. The minimum Gasteiger partial charge on any atom is -0.490 e. The highest BCUT2D eigenvalue weighted by atomic mass is 16.5. The molecule has 1 fully saturated rings. The molecule has 0 unspecified atom stereocenters. The van der Waals surface area contributed by atoms with E-state index in [4.69, 9.17) is 9.47 Å². The van der Waals surface area contributed by atoms with E-state index in [1.807, 2.05) is 47.4 Å². The zero-order chi connectivity index (χ0) is 21.5. The van der Waals surface area contributed by atoms with E-state index in [1.54, 1.807) is 12.3 Å². The second-order valence-corrected chi connectivity index (χ2v) is 7.70. The second-order valence-electron chi connectivity index (χ2n) is 7.70. The molecule has 0 atom stereocenters. The predicted octanol–water partition coefficient (Wildman–Crippen LogP) is 2.94. The lowest BCUT2D eigenvalue weighted by Crippen LogP contribution is -2.42. The van der Waals surface area contributed by atoms with Gasteiger partial charge in [-0.3, -0.25) is 9.59 Å². The molecule has 1 aliphatic heterocycles. The molecule has 2 heterocycles. The smallest absolute Gasteiger partial charge is 0.272 e. The molecule has 1 aliphatic rings. The Bertz CT molecular complexity index is 1060. The molecule has 2 aromatic carbocycles. The topological polar surface area (TPSA) is 84.5 Å². The molecule has 0 bridgehead atoms. The summed E-state index contributed by atoms with van der Waals surface area (Å²) in [6.45, 7) is 2.32. The van der Waals surface area contributed by atoms with Crippen molar-refractivity contribution < 1.29 is 14.3 Å². The number of ether oxygens (including phenoxy) is 2. The average molecular weight is 421 g/mol. The molecule has 0 radical (unpaired) electrons. The van der Waals surface area contributed by atoms with Crippen LogP contribution in [0, 0.1) is 0 Å². The number of hydrogen-bond donors (Lipinski definition) is 1. The lowest BCUT2D eigenvalue weighted by Gasteiger charge is -2.32. The molecule has 0 saturated carbocycles. The summed E-state index contributed by atoms with van der Waals surface area (Å²) in [4.78, 5) is 26.2. The molecule has 1 amide bonds. The van der Waals surface area contributed by atoms with Crippen LogP contribution in [0.15, 0.2) is 59.5 Å². The number of carbonyl (C=O) groups is 1. The van der Waals surface area contributed by atoms with Crippen LogP contribution >= 0.6 is 0 Å². The van der Waals surface area contributed by atoms with Crippen molar-refractivity contribution in [2.45, 2.75) is 31.8 Å². The molecule has 1 aromatic heterocycles. The van der Waals surface area contributed by atoms with Crippen molar-refractivity contribution in [1.29, 1.82) is 0 Å². The summed E-state index contributed by atoms with van der Waals surface area (Å²) in [6.07, 6.45) is 4.55. The van der Waals surface area contributed by atoms with Crippen molar-refractivity contribution in [3.63, 3.8) is 0 Å². The number of benzene rings is 2. The van der Waals surface area contributed by atoms with Crippen molar-refractivity contribution >= 4 is 16.7 Å². The summed E-state index contributed by atoms with van der Waals surface area (Å²) >= 11 is 0. The number of rotatable bonds is 8. The minimum absolute atomic E-state index is 0.124. The predicted molar refractivity (Wildman–Crippen MR) is 118 cm³/mol. The largest absolute Gasteiger partial charge is 0.490 e. The molecule has 0 spiro atoms. The number of amides is 1. The summed E-state index contributed by atoms with van der Waals surface area (Å²) in [5.74, 6) is 1.01. The molecule has 0 aliphatic carbocycles. The van der Waals surface area contributed by atoms with E-state index >= 15 is 0 Å². The van der Waals surface area contributed by atoms with Gasteiger partial charge in [0.25, 0.3) is 5.56 Å². The number of carbonyl (C=O) groups excluding carboxylic acids is 1. The SMILES string of the molecule is O=C(CCOCCc1cccc2c(=O)[nH]ncc12)N1CCC(Oc2ccccc2)CC1. The number of fused-ring (bicyclic) bond motifs is 1. The van der Waals surface area contributed by atoms with E-state index in [9.17, 15) is 9.59 Å². The van der Waals surface area contributed by atoms with Crippen LogP contribution in [0.1, 0.15) is 24.8 Å². The van der Waals surface area contributed by atoms with Crippen LogP contribution in [0.5, 0.6) is 5.75 Å². The van der Waals surface area contributed by atoms with E-state index in [2.05, 4.69) is 10.2 Å². The molecule has 162 valence electrons. The highest BCUT2D eigenvalue weighted by Gasteiger charge is 2.23. The average Bonchev–Trinajstić information content (AvgIpc) is 2.80. The highest BCUT2D eigenvalue weighted by molar-refractivity contribution is 5.83. The molecular weight excluding hydrogens is 394 g/mol. The summed E-state index contributed by atoms with van der Waals surface area (Å²) in [7, 11) is 0. The molecule has 3 aromatic rings. The zero-order valence-corrected chi connectivity index (χ0v) is 17.5. The monoisotopic (exact) mass is 421 g/mol. The Hall–Kier alpha value is -3.19. The minimum atomic E-state index is -0.191. The number of nitrogens with one attached hydrogen (secondary N) is 1. The normalized spacial score (nSPS) is 14.6. The van der Waals surface area contributed by atoms with E-state index in [1.165, 1.54) is 0 Å². The van der Waals surface area contributed by atoms with Crippen molar-refractivity contribution in [3.05, 3.63) is 70.6 Å². The van der Waals surface area contributed by atoms with Crippen LogP contribution < -0.4 is 10.3 Å². The van der Waals surface area contributed by atoms with Crippen LogP contribution in [0.3, 0.4) is 0 Å². The Balaban J connectivity index is 1.16. The number of H-pyrrole nitrogens is 1. The van der Waals surface area contributed by atoms with Gasteiger partial charge in [0.2, 0.25) is 5.91 Å². The number of para-hydroxylation sites is 1. The quantitative estimate of drug-likeness (QED) is 0.566. The van der Waals surface area contributed by atoms with Crippen molar-refractivity contribution in [2.75, 3.05) is 26.3 Å². The number of aromatic nitrogens is 2. The maximum absolute atomic E-state index is 12.5. The highest BCUT2D eigenvalue weighted by Crippen LogP contribution is 2.19. The van der Waals surface area contributed by atoms with Gasteiger partial charge in [-0.25, -0.2) is 5.10 Å². The van der Waals surface area contributed by atoms with Crippen LogP contribution in [0.2, 0.25) is 0 Å². The van der Waals surface area contributed by atoms with Gasteiger partial charge in [0.1, 0.15) is 11.9 Å². The Labute approximate surface area is 181 Å². The number of piperidine rings is 1. The van der Waals surface area contributed by atoms with Gasteiger partial charge in [-0.1, -0.05) is 30.3 Å². The summed E-state index contributed by atoms with van der Waals surface area (Å²) in [6, 6.07) is 15.4. The summed E-state index contributed by atoms with van der Waals surface area (Å²) in [5.41, 5.74) is 0.826. The molecule has 1 N–H and O–H groups in total. The first-order valence-electron chi connectivity index (χ1n) is 10.7. The Kier molecular flexibility index (Phi) is 6.94. The number of likely N-dealkylation sites (tertiary alicyclic amines) is 1. The maximum atomic E-state index is 12.5. The van der Waals surface area contributed by atoms with E-state index < -0.39 is 0 Å². The Morgan fingerprint density at radius 2 is 1.84 bits per heavy atom. The van der Waals surface area contributed by atoms with Gasteiger partial charge in [-0.15, -0.1) is 0 Å². The number of hydrogen-bond acceptors (Lipinski definition) is 5. The fourth-order valence-electron chi connectivity index (χ4n) is 3.91. The van der Waals surface area contributed by atoms with E-state index in [-0.39, 0.29) is 17.6 Å². The van der Waals surface area contributed by atoms with Crippen LogP contribution in [0.25, 0.3) is 10.8 Å². The Morgan fingerprint density at radius 1 is 1.03 bits per heavy atom. The fourth-order valence-corrected chi connectivity index (χ4v) is 3.91. The van der Waals surface area contributed by atoms with Crippen molar-refractivity contribution in [3.8, 4) is 5.75 Å². The maximum Gasteiger partial charge on any atom is 0.272 e. The third kappa shape index (κ3) is 5.49. The summed E-state index contributed by atoms with van der Waals surface area (Å²) in [5, 5.41) is 7.80. The van der Waals surface area contributed by atoms with Gasteiger partial charge in [-0.05, 0) is 30.2 Å². The third-order valence-electron chi connectivity index (χ3n) is 5.62. The van der Waals surface area contributed by atoms with Crippen molar-refractivity contribution in [2.24, 2.45) is 0 Å². The zero-order valence-electron chi connectivity index (χ0n) is 17.5. The van der Waals surface area contributed by atoms with Gasteiger partial charge in [0.15, 0.2) is 0 Å². The molecule has 1 saturated heterocycles. The number of nitrogens with zero attached hydrogens (tertiary/aromatic N) is 2. The Morgan fingerprint density at radius 3 is 2.65 bits per heavy atom. The first kappa shape index (κ1) is 21.1. The lowest BCUT2D eigenvalue weighted by atomic mass is 10.1. The van der Waals surface area contributed by atoms with Crippen LogP contribution in [-0.2, 0) is 16.0 Å². The first-order valence-corrected chi connectivity index (χ1v) is 10.7. The van der Waals surface area contributed by atoms with Crippen molar-refractivity contribution in [1.82, 2.24) is 15.1 Å². The first-order chi connectivity index (χ1) is 15.2. The lowest BCUT2D eigenvalue weighted by molar-refractivity contribution is -0.134. The standard InChI is InChI=1S/C24H27N3O4/c28-23(27-13-9-20(10-14-27)31-19-6-2-1-3-7-19)12-16-30-15-11-18-5-4-8-21-22(18)17-25-26-24(21)29/h1-8,17,20H,9-16H2,(H,26,29). The van der Waals surface area contributed by atoms with Gasteiger partial charge >= 0.3 is 0 Å². The second kappa shape index (κ2) is 10.2. The molecule has 4 rings (SSSR count). The number of aromatic amines is 1. The van der Waals surface area contributed by atoms with Crippen LogP contribution in [-0.4, -0.2) is 53.4 Å². The molecular formula is C24H27N3O4. The van der Waals surface area contributed by atoms with Gasteiger partial charge in [0, 0.05) is 31.3 Å². The molecule has 31 heavy (non-hydrogen) atoms. The van der Waals surface area contributed by atoms with E-state index in [0.717, 1.165) is 29.5 Å².